The molecule has 2 aromatic rings. The van der Waals surface area contributed by atoms with Crippen LogP contribution in [0.4, 0.5) is 5.69 Å². The zero-order chi connectivity index (χ0) is 17.0. The Morgan fingerprint density at radius 3 is 2.44 bits per heavy atom. The van der Waals surface area contributed by atoms with Crippen LogP contribution in [0.15, 0.2) is 18.2 Å². The van der Waals surface area contributed by atoms with Gasteiger partial charge >= 0.3 is 0 Å². The lowest BCUT2D eigenvalue weighted by molar-refractivity contribution is -0.140. The highest BCUT2D eigenvalue weighted by atomic mass is 35.5. The smallest absolute Gasteiger partial charge is 0.230 e. The molecule has 1 amide bonds. The molecule has 25 heavy (non-hydrogen) atoms. The van der Waals surface area contributed by atoms with Gasteiger partial charge in [-0.05, 0) is 79.7 Å². The van der Waals surface area contributed by atoms with Gasteiger partial charge in [-0.1, -0.05) is 11.6 Å². The average molecular weight is 358 g/mol. The van der Waals surface area contributed by atoms with E-state index in [1.54, 1.807) is 12.1 Å². The summed E-state index contributed by atoms with van der Waals surface area (Å²) >= 11 is 6.17. The molecule has 0 radical (unpaired) electrons. The fourth-order valence-electron chi connectivity index (χ4n) is 5.73. The minimum Gasteiger partial charge on any atom is -0.325 e. The Bertz CT molecular complexity index is 784. The molecule has 0 saturated heterocycles. The van der Waals surface area contributed by atoms with Crippen molar-refractivity contribution in [2.24, 2.45) is 23.2 Å². The second-order valence-electron chi connectivity index (χ2n) is 8.08. The minimum absolute atomic E-state index is 0.138. The summed E-state index contributed by atoms with van der Waals surface area (Å²) in [5.41, 5.74) is 1.19. The molecule has 6 nitrogen and oxygen atoms in total. The molecule has 0 atom stereocenters. The number of carbonyl (C=O) groups excluding carboxylic acids is 1. The number of aromatic nitrogens is 4. The second kappa shape index (κ2) is 5.53. The summed E-state index contributed by atoms with van der Waals surface area (Å²) in [6.45, 7) is 0. The van der Waals surface area contributed by atoms with Crippen molar-refractivity contribution in [1.29, 1.82) is 0 Å². The summed E-state index contributed by atoms with van der Waals surface area (Å²) in [5.74, 6) is 2.78. The molecule has 6 rings (SSSR count). The number of carbonyl (C=O) groups is 1. The standard InChI is InChI=1S/C18H20ClN5O/c19-13-1-2-14(16-21-23-24-22-16)15(6-13)20-17(25)18-7-10-3-11(8-18)5-12(4-10)9-18/h1-2,6,10-12H,3-5,7-9H2,(H,20,25)(H,21,22,23,24). The molecule has 4 aliphatic carbocycles. The third kappa shape index (κ3) is 2.54. The van der Waals surface area contributed by atoms with Gasteiger partial charge in [-0.3, -0.25) is 4.79 Å². The largest absolute Gasteiger partial charge is 0.325 e. The van der Waals surface area contributed by atoms with Crippen LogP contribution in [-0.4, -0.2) is 26.5 Å². The Morgan fingerprint density at radius 1 is 1.16 bits per heavy atom. The monoisotopic (exact) mass is 357 g/mol. The van der Waals surface area contributed by atoms with Crippen LogP contribution >= 0.6 is 11.6 Å². The Morgan fingerprint density at radius 2 is 1.84 bits per heavy atom. The lowest BCUT2D eigenvalue weighted by Gasteiger charge is -2.55. The highest BCUT2D eigenvalue weighted by Gasteiger charge is 2.54. The Labute approximate surface area is 150 Å². The Kier molecular flexibility index (Phi) is 3.39. The van der Waals surface area contributed by atoms with Gasteiger partial charge in [0.1, 0.15) is 0 Å². The van der Waals surface area contributed by atoms with E-state index in [4.69, 9.17) is 11.6 Å². The SMILES string of the molecule is O=C(Nc1cc(Cl)ccc1-c1nn[nH]n1)C12CC3CC(CC(C3)C1)C2. The van der Waals surface area contributed by atoms with Gasteiger partial charge in [0, 0.05) is 10.6 Å². The van der Waals surface area contributed by atoms with Crippen LogP contribution in [0.3, 0.4) is 0 Å². The summed E-state index contributed by atoms with van der Waals surface area (Å²) in [6.07, 6.45) is 7.04. The number of nitrogens with zero attached hydrogens (tertiary/aromatic N) is 3. The van der Waals surface area contributed by atoms with E-state index in [1.165, 1.54) is 19.3 Å². The van der Waals surface area contributed by atoms with E-state index in [-0.39, 0.29) is 11.3 Å². The van der Waals surface area contributed by atoms with Gasteiger partial charge in [0.25, 0.3) is 0 Å². The molecular weight excluding hydrogens is 338 g/mol. The van der Waals surface area contributed by atoms with Crippen molar-refractivity contribution in [3.05, 3.63) is 23.2 Å². The number of tetrazole rings is 1. The van der Waals surface area contributed by atoms with E-state index in [0.717, 1.165) is 42.6 Å². The number of benzene rings is 1. The number of hydrogen-bond donors (Lipinski definition) is 2. The average Bonchev–Trinajstić information content (AvgIpc) is 3.08. The lowest BCUT2D eigenvalue weighted by Crippen LogP contribution is -2.51. The summed E-state index contributed by atoms with van der Waals surface area (Å²) in [4.78, 5) is 13.3. The molecular formula is C18H20ClN5O. The third-order valence-corrected chi connectivity index (χ3v) is 6.57. The fourth-order valence-corrected chi connectivity index (χ4v) is 5.91. The van der Waals surface area contributed by atoms with Gasteiger partial charge in [-0.25, -0.2) is 0 Å². The number of aromatic amines is 1. The van der Waals surface area contributed by atoms with Crippen molar-refractivity contribution < 1.29 is 4.79 Å². The van der Waals surface area contributed by atoms with Gasteiger partial charge in [0.2, 0.25) is 11.7 Å². The maximum atomic E-state index is 13.3. The van der Waals surface area contributed by atoms with Crippen LogP contribution in [0.2, 0.25) is 5.02 Å². The van der Waals surface area contributed by atoms with E-state index in [2.05, 4.69) is 25.9 Å². The van der Waals surface area contributed by atoms with Crippen LogP contribution in [-0.2, 0) is 4.79 Å². The normalized spacial score (nSPS) is 32.8. The fraction of sp³-hybridized carbons (Fsp3) is 0.556. The molecule has 1 aromatic heterocycles. The number of halogens is 1. The van der Waals surface area contributed by atoms with E-state index < -0.39 is 0 Å². The lowest BCUT2D eigenvalue weighted by atomic mass is 9.49. The number of hydrogen-bond acceptors (Lipinski definition) is 4. The number of H-pyrrole nitrogens is 1. The van der Waals surface area contributed by atoms with Crippen molar-refractivity contribution in [3.8, 4) is 11.4 Å². The van der Waals surface area contributed by atoms with Crippen LogP contribution in [0.5, 0.6) is 0 Å². The molecule has 0 spiro atoms. The van der Waals surface area contributed by atoms with Crippen LogP contribution < -0.4 is 5.32 Å². The molecule has 4 bridgehead atoms. The van der Waals surface area contributed by atoms with E-state index in [9.17, 15) is 4.79 Å². The predicted molar refractivity (Wildman–Crippen MR) is 93.9 cm³/mol. The number of nitrogens with one attached hydrogen (secondary N) is 2. The quantitative estimate of drug-likeness (QED) is 0.877. The summed E-state index contributed by atoms with van der Waals surface area (Å²) < 4.78 is 0. The maximum Gasteiger partial charge on any atom is 0.230 e. The van der Waals surface area contributed by atoms with Gasteiger partial charge in [-0.15, -0.1) is 10.2 Å². The van der Waals surface area contributed by atoms with Crippen LogP contribution in [0.25, 0.3) is 11.4 Å². The van der Waals surface area contributed by atoms with Crippen LogP contribution in [0.1, 0.15) is 38.5 Å². The molecule has 4 fully saturated rings. The van der Waals surface area contributed by atoms with E-state index in [0.29, 0.717) is 16.5 Å². The van der Waals surface area contributed by atoms with E-state index >= 15 is 0 Å². The summed E-state index contributed by atoms with van der Waals surface area (Å²) in [7, 11) is 0. The zero-order valence-electron chi connectivity index (χ0n) is 13.8. The second-order valence-corrected chi connectivity index (χ2v) is 8.51. The molecule has 0 unspecified atom stereocenters. The summed E-state index contributed by atoms with van der Waals surface area (Å²) in [6, 6.07) is 5.36. The predicted octanol–water partition coefficient (Wildman–Crippen LogP) is 3.68. The topological polar surface area (TPSA) is 83.6 Å². The molecule has 2 N–H and O–H groups in total. The first-order valence-corrected chi connectivity index (χ1v) is 9.34. The van der Waals surface area contributed by atoms with Gasteiger partial charge in [0.15, 0.2) is 0 Å². The molecule has 4 aliphatic rings. The highest BCUT2D eigenvalue weighted by molar-refractivity contribution is 6.31. The minimum atomic E-state index is -0.203. The molecule has 4 saturated carbocycles. The molecule has 1 aromatic carbocycles. The van der Waals surface area contributed by atoms with Gasteiger partial charge < -0.3 is 5.32 Å². The highest BCUT2D eigenvalue weighted by Crippen LogP contribution is 2.60. The van der Waals surface area contributed by atoms with Gasteiger partial charge in [0.05, 0.1) is 11.1 Å². The Balaban J connectivity index is 1.46. The van der Waals surface area contributed by atoms with Crippen molar-refractivity contribution in [2.45, 2.75) is 38.5 Å². The molecule has 1 heterocycles. The van der Waals surface area contributed by atoms with Crippen molar-refractivity contribution >= 4 is 23.2 Å². The van der Waals surface area contributed by atoms with Gasteiger partial charge in [-0.2, -0.15) is 5.21 Å². The number of amides is 1. The van der Waals surface area contributed by atoms with Crippen molar-refractivity contribution in [1.82, 2.24) is 20.6 Å². The maximum absolute atomic E-state index is 13.3. The summed E-state index contributed by atoms with van der Waals surface area (Å²) in [5, 5.41) is 17.9. The third-order valence-electron chi connectivity index (χ3n) is 6.34. The van der Waals surface area contributed by atoms with E-state index in [1.807, 2.05) is 6.07 Å². The molecule has 0 aliphatic heterocycles. The Hall–Kier alpha value is -1.95. The first-order valence-electron chi connectivity index (χ1n) is 8.96. The first kappa shape index (κ1) is 15.3. The number of rotatable bonds is 3. The van der Waals surface area contributed by atoms with Crippen molar-refractivity contribution in [2.75, 3.05) is 5.32 Å². The van der Waals surface area contributed by atoms with Crippen LogP contribution in [0, 0.1) is 23.2 Å². The number of anilines is 1. The molecule has 7 heteroatoms. The molecule has 130 valence electrons. The first-order chi connectivity index (χ1) is 12.1. The van der Waals surface area contributed by atoms with Crippen molar-refractivity contribution in [3.63, 3.8) is 0 Å². The zero-order valence-corrected chi connectivity index (χ0v) is 14.6.